The summed E-state index contributed by atoms with van der Waals surface area (Å²) < 4.78 is 5.30. The van der Waals surface area contributed by atoms with Gasteiger partial charge in [0.2, 0.25) is 0 Å². The predicted molar refractivity (Wildman–Crippen MR) is 114 cm³/mol. The number of carbonyl (C=O) groups excluding carboxylic acids is 2. The normalized spacial score (nSPS) is 11.7. The van der Waals surface area contributed by atoms with Gasteiger partial charge in [0, 0.05) is 18.2 Å². The number of ketones is 2. The third-order valence-electron chi connectivity index (χ3n) is 4.23. The molecular weight excluding hydrogens is 364 g/mol. The Morgan fingerprint density at radius 1 is 0.759 bits per heavy atom. The fourth-order valence-electron chi connectivity index (χ4n) is 2.72. The van der Waals surface area contributed by atoms with Crippen molar-refractivity contribution in [2.75, 3.05) is 7.11 Å². The van der Waals surface area contributed by atoms with Crippen molar-refractivity contribution in [1.29, 1.82) is 0 Å². The molecule has 3 aromatic carbocycles. The van der Waals surface area contributed by atoms with Crippen LogP contribution in [0.5, 0.6) is 0 Å². The van der Waals surface area contributed by atoms with Gasteiger partial charge in [-0.05, 0) is 19.4 Å². The number of methoxy groups -OCH3 is 1. The van der Waals surface area contributed by atoms with Crippen LogP contribution in [0, 0.1) is 0 Å². The van der Waals surface area contributed by atoms with Crippen LogP contribution in [0.3, 0.4) is 0 Å². The predicted octanol–water partition coefficient (Wildman–Crippen LogP) is 4.90. The fourth-order valence-corrected chi connectivity index (χ4v) is 2.72. The molecule has 29 heavy (non-hydrogen) atoms. The van der Waals surface area contributed by atoms with E-state index in [4.69, 9.17) is 4.74 Å². The molecule has 0 fully saturated rings. The van der Waals surface area contributed by atoms with Crippen LogP contribution < -0.4 is 0 Å². The van der Waals surface area contributed by atoms with Gasteiger partial charge >= 0.3 is 0 Å². The summed E-state index contributed by atoms with van der Waals surface area (Å²) in [6, 6.07) is 27.5. The fraction of sp³-hybridized carbons (Fsp3) is 0.200. The summed E-state index contributed by atoms with van der Waals surface area (Å²) in [7, 11) is 1.55. The third-order valence-corrected chi connectivity index (χ3v) is 4.23. The molecule has 150 valence electrons. The average Bonchev–Trinajstić information content (AvgIpc) is 2.75. The minimum atomic E-state index is -1.28. The SMILES string of the molecule is CC(C)(O)C(=O)c1ccccc1.COC(C(=O)c1ccccc1)c1ccccc1. The highest BCUT2D eigenvalue weighted by molar-refractivity contribution is 6.01. The Morgan fingerprint density at radius 3 is 1.59 bits per heavy atom. The van der Waals surface area contributed by atoms with Gasteiger partial charge < -0.3 is 9.84 Å². The number of aliphatic hydroxyl groups is 1. The van der Waals surface area contributed by atoms with Crippen molar-refractivity contribution in [3.63, 3.8) is 0 Å². The van der Waals surface area contributed by atoms with Crippen molar-refractivity contribution < 1.29 is 19.4 Å². The highest BCUT2D eigenvalue weighted by atomic mass is 16.5. The lowest BCUT2D eigenvalue weighted by Crippen LogP contribution is -2.30. The molecule has 0 radical (unpaired) electrons. The summed E-state index contributed by atoms with van der Waals surface area (Å²) >= 11 is 0. The van der Waals surface area contributed by atoms with E-state index in [1.165, 1.54) is 13.8 Å². The number of hydrogen-bond donors (Lipinski definition) is 1. The Labute approximate surface area is 171 Å². The maximum Gasteiger partial charge on any atom is 0.196 e. The molecule has 0 aliphatic carbocycles. The number of hydrogen-bond acceptors (Lipinski definition) is 4. The molecule has 3 aromatic rings. The third kappa shape index (κ3) is 6.49. The lowest BCUT2D eigenvalue weighted by molar-refractivity contribution is 0.0488. The van der Waals surface area contributed by atoms with Crippen LogP contribution in [0.1, 0.15) is 46.2 Å². The first-order valence-corrected chi connectivity index (χ1v) is 9.34. The second kappa shape index (κ2) is 10.5. The minimum Gasteiger partial charge on any atom is -0.382 e. The first kappa shape index (κ1) is 22.2. The summed E-state index contributed by atoms with van der Waals surface area (Å²) in [5, 5.41) is 9.39. The van der Waals surface area contributed by atoms with Crippen LogP contribution in [-0.4, -0.2) is 29.4 Å². The smallest absolute Gasteiger partial charge is 0.196 e. The number of ether oxygens (including phenoxy) is 1. The van der Waals surface area contributed by atoms with Gasteiger partial charge in [0.15, 0.2) is 11.6 Å². The highest BCUT2D eigenvalue weighted by Crippen LogP contribution is 2.21. The molecule has 0 amide bonds. The zero-order chi connectivity index (χ0) is 21.3. The molecule has 0 aromatic heterocycles. The Balaban J connectivity index is 0.000000221. The van der Waals surface area contributed by atoms with Crippen molar-refractivity contribution in [3.8, 4) is 0 Å². The summed E-state index contributed by atoms with van der Waals surface area (Å²) in [6.07, 6.45) is -0.529. The Bertz CT molecular complexity index is 898. The second-order valence-electron chi connectivity index (χ2n) is 7.01. The lowest BCUT2D eigenvalue weighted by atomic mass is 9.97. The Morgan fingerprint density at radius 2 is 1.17 bits per heavy atom. The molecule has 0 saturated carbocycles. The molecule has 3 rings (SSSR count). The summed E-state index contributed by atoms with van der Waals surface area (Å²) in [5.41, 5.74) is 0.818. The molecule has 0 bridgehead atoms. The second-order valence-corrected chi connectivity index (χ2v) is 7.01. The van der Waals surface area contributed by atoms with E-state index >= 15 is 0 Å². The van der Waals surface area contributed by atoms with E-state index in [1.807, 2.05) is 54.6 Å². The van der Waals surface area contributed by atoms with Gasteiger partial charge in [0.05, 0.1) is 0 Å². The molecule has 1 N–H and O–H groups in total. The standard InChI is InChI=1S/C15H14O2.C10H12O2/c1-17-15(13-10-6-3-7-11-13)14(16)12-8-4-2-5-9-12;1-10(2,12)9(11)8-6-4-3-5-7-8/h2-11,15H,1H3;3-7,12H,1-2H3. The summed E-state index contributed by atoms with van der Waals surface area (Å²) in [5.74, 6) is -0.262. The zero-order valence-electron chi connectivity index (χ0n) is 16.9. The summed E-state index contributed by atoms with van der Waals surface area (Å²) in [6.45, 7) is 2.98. The molecule has 4 heteroatoms. The highest BCUT2D eigenvalue weighted by Gasteiger charge is 2.24. The van der Waals surface area contributed by atoms with E-state index in [0.29, 0.717) is 11.1 Å². The van der Waals surface area contributed by atoms with Gasteiger partial charge in [0.1, 0.15) is 11.7 Å². The van der Waals surface area contributed by atoms with E-state index in [0.717, 1.165) is 5.56 Å². The van der Waals surface area contributed by atoms with Gasteiger partial charge in [-0.15, -0.1) is 0 Å². The zero-order valence-corrected chi connectivity index (χ0v) is 16.9. The van der Waals surface area contributed by atoms with E-state index in [1.54, 1.807) is 43.5 Å². The summed E-state index contributed by atoms with van der Waals surface area (Å²) in [4.78, 5) is 23.7. The average molecular weight is 390 g/mol. The van der Waals surface area contributed by atoms with Crippen LogP contribution >= 0.6 is 0 Å². The molecule has 0 saturated heterocycles. The molecular formula is C25H26O4. The molecule has 0 aliphatic rings. The largest absolute Gasteiger partial charge is 0.382 e. The number of carbonyl (C=O) groups is 2. The van der Waals surface area contributed by atoms with Crippen LogP contribution in [0.2, 0.25) is 0 Å². The monoisotopic (exact) mass is 390 g/mol. The van der Waals surface area contributed by atoms with E-state index in [2.05, 4.69) is 0 Å². The van der Waals surface area contributed by atoms with Crippen molar-refractivity contribution in [2.45, 2.75) is 25.6 Å². The van der Waals surface area contributed by atoms with Gasteiger partial charge in [-0.2, -0.15) is 0 Å². The van der Waals surface area contributed by atoms with Gasteiger partial charge in [-0.1, -0.05) is 91.0 Å². The number of Topliss-reactive ketones (excluding diaryl/α,β-unsaturated/α-hetero) is 2. The van der Waals surface area contributed by atoms with Crippen LogP contribution in [0.4, 0.5) is 0 Å². The first-order chi connectivity index (χ1) is 13.8. The van der Waals surface area contributed by atoms with E-state index in [9.17, 15) is 14.7 Å². The van der Waals surface area contributed by atoms with Crippen LogP contribution in [0.25, 0.3) is 0 Å². The van der Waals surface area contributed by atoms with E-state index in [-0.39, 0.29) is 11.6 Å². The molecule has 0 aliphatic heterocycles. The maximum absolute atomic E-state index is 12.3. The molecule has 0 heterocycles. The maximum atomic E-state index is 12.3. The Kier molecular flexibility index (Phi) is 8.01. The van der Waals surface area contributed by atoms with Gasteiger partial charge in [-0.25, -0.2) is 0 Å². The number of rotatable bonds is 6. The number of benzene rings is 3. The van der Waals surface area contributed by atoms with Crippen molar-refractivity contribution in [3.05, 3.63) is 108 Å². The quantitative estimate of drug-likeness (QED) is 0.608. The molecule has 4 nitrogen and oxygen atoms in total. The van der Waals surface area contributed by atoms with Crippen LogP contribution in [-0.2, 0) is 4.74 Å². The van der Waals surface area contributed by atoms with Crippen molar-refractivity contribution in [2.24, 2.45) is 0 Å². The molecule has 1 unspecified atom stereocenters. The van der Waals surface area contributed by atoms with Crippen molar-refractivity contribution >= 4 is 11.6 Å². The van der Waals surface area contributed by atoms with Gasteiger partial charge in [-0.3, -0.25) is 9.59 Å². The molecule has 0 spiro atoms. The molecule has 1 atom stereocenters. The van der Waals surface area contributed by atoms with Gasteiger partial charge in [0.25, 0.3) is 0 Å². The first-order valence-electron chi connectivity index (χ1n) is 9.34. The lowest BCUT2D eigenvalue weighted by Gasteiger charge is -2.14. The van der Waals surface area contributed by atoms with E-state index < -0.39 is 11.7 Å². The minimum absolute atomic E-state index is 0.0145. The van der Waals surface area contributed by atoms with Crippen molar-refractivity contribution in [1.82, 2.24) is 0 Å². The van der Waals surface area contributed by atoms with Crippen LogP contribution in [0.15, 0.2) is 91.0 Å². The Hall–Kier alpha value is -3.08. The topological polar surface area (TPSA) is 63.6 Å².